The van der Waals surface area contributed by atoms with E-state index in [1.54, 1.807) is 25.4 Å². The second-order valence-electron chi connectivity index (χ2n) is 4.19. The Balaban J connectivity index is 2.17. The van der Waals surface area contributed by atoms with Gasteiger partial charge < -0.3 is 10.6 Å². The van der Waals surface area contributed by atoms with Crippen LogP contribution in [0.5, 0.6) is 0 Å². The standard InChI is InChI=1S/C12H12F3N5/c1-20(7-8-2-3-10(16)18-6-8)11-17-5-4-9(19-11)12(13,14)15/h2-6H,7H2,1H3,(H2,16,18). The van der Waals surface area contributed by atoms with Crippen LogP contribution in [-0.4, -0.2) is 22.0 Å². The summed E-state index contributed by atoms with van der Waals surface area (Å²) >= 11 is 0. The quantitative estimate of drug-likeness (QED) is 0.934. The van der Waals surface area contributed by atoms with E-state index < -0.39 is 11.9 Å². The van der Waals surface area contributed by atoms with Crippen LogP contribution in [0.15, 0.2) is 30.6 Å². The Kier molecular flexibility index (Phi) is 3.73. The number of nitrogens with zero attached hydrogens (tertiary/aromatic N) is 4. The van der Waals surface area contributed by atoms with Crippen molar-refractivity contribution < 1.29 is 13.2 Å². The fourth-order valence-corrected chi connectivity index (χ4v) is 1.56. The highest BCUT2D eigenvalue weighted by atomic mass is 19.4. The van der Waals surface area contributed by atoms with Crippen LogP contribution in [0.4, 0.5) is 24.9 Å². The third-order valence-corrected chi connectivity index (χ3v) is 2.54. The molecule has 2 aromatic rings. The first-order valence-corrected chi connectivity index (χ1v) is 5.68. The summed E-state index contributed by atoms with van der Waals surface area (Å²) in [5.74, 6) is 0.378. The minimum absolute atomic E-state index is 0.00310. The molecule has 0 atom stereocenters. The van der Waals surface area contributed by atoms with Crippen molar-refractivity contribution in [1.82, 2.24) is 15.0 Å². The minimum Gasteiger partial charge on any atom is -0.384 e. The van der Waals surface area contributed by atoms with Crippen LogP contribution >= 0.6 is 0 Å². The van der Waals surface area contributed by atoms with Gasteiger partial charge in [-0.15, -0.1) is 0 Å². The van der Waals surface area contributed by atoms with Crippen LogP contribution in [0, 0.1) is 0 Å². The Morgan fingerprint density at radius 1 is 1.20 bits per heavy atom. The first-order valence-electron chi connectivity index (χ1n) is 5.68. The lowest BCUT2D eigenvalue weighted by molar-refractivity contribution is -0.141. The SMILES string of the molecule is CN(Cc1ccc(N)nc1)c1nccc(C(F)(F)F)n1. The highest BCUT2D eigenvalue weighted by Crippen LogP contribution is 2.28. The number of hydrogen-bond donors (Lipinski definition) is 1. The van der Waals surface area contributed by atoms with Gasteiger partial charge in [0, 0.05) is 26.0 Å². The normalized spacial score (nSPS) is 11.4. The number of hydrogen-bond acceptors (Lipinski definition) is 5. The van der Waals surface area contributed by atoms with Gasteiger partial charge in [0.1, 0.15) is 11.5 Å². The summed E-state index contributed by atoms with van der Waals surface area (Å²) in [5.41, 5.74) is 5.29. The zero-order chi connectivity index (χ0) is 14.8. The Bertz CT molecular complexity index is 582. The molecular formula is C12H12F3N5. The van der Waals surface area contributed by atoms with Crippen LogP contribution in [0.3, 0.4) is 0 Å². The zero-order valence-electron chi connectivity index (χ0n) is 10.6. The molecule has 0 saturated carbocycles. The van der Waals surface area contributed by atoms with E-state index in [-0.39, 0.29) is 5.95 Å². The largest absolute Gasteiger partial charge is 0.433 e. The summed E-state index contributed by atoms with van der Waals surface area (Å²) in [5, 5.41) is 0. The maximum absolute atomic E-state index is 12.6. The second-order valence-corrected chi connectivity index (χ2v) is 4.19. The molecule has 2 heterocycles. The number of nitrogens with two attached hydrogens (primary N) is 1. The zero-order valence-corrected chi connectivity index (χ0v) is 10.6. The van der Waals surface area contributed by atoms with Crippen molar-refractivity contribution in [1.29, 1.82) is 0 Å². The van der Waals surface area contributed by atoms with Gasteiger partial charge in [-0.1, -0.05) is 6.07 Å². The van der Waals surface area contributed by atoms with Crippen LogP contribution in [0.25, 0.3) is 0 Å². The van der Waals surface area contributed by atoms with Gasteiger partial charge in [-0.2, -0.15) is 13.2 Å². The fourth-order valence-electron chi connectivity index (χ4n) is 1.56. The summed E-state index contributed by atoms with van der Waals surface area (Å²) in [7, 11) is 1.60. The average molecular weight is 283 g/mol. The number of halogens is 3. The average Bonchev–Trinajstić information content (AvgIpc) is 2.40. The molecule has 0 bridgehead atoms. The fraction of sp³-hybridized carbons (Fsp3) is 0.250. The highest BCUT2D eigenvalue weighted by molar-refractivity contribution is 5.34. The minimum atomic E-state index is -4.48. The molecule has 5 nitrogen and oxygen atoms in total. The van der Waals surface area contributed by atoms with E-state index in [1.807, 2.05) is 0 Å². The molecule has 2 N–H and O–H groups in total. The van der Waals surface area contributed by atoms with Crippen molar-refractivity contribution in [2.45, 2.75) is 12.7 Å². The van der Waals surface area contributed by atoms with Gasteiger partial charge in [-0.25, -0.2) is 15.0 Å². The van der Waals surface area contributed by atoms with Gasteiger partial charge in [0.15, 0.2) is 0 Å². The molecule has 0 radical (unpaired) electrons. The van der Waals surface area contributed by atoms with Crippen LogP contribution in [0.2, 0.25) is 0 Å². The van der Waals surface area contributed by atoms with E-state index in [2.05, 4.69) is 15.0 Å². The molecule has 0 unspecified atom stereocenters. The third kappa shape index (κ3) is 3.34. The smallest absolute Gasteiger partial charge is 0.384 e. The van der Waals surface area contributed by atoms with Crippen LogP contribution in [-0.2, 0) is 12.7 Å². The molecule has 0 aliphatic rings. The molecule has 0 amide bonds. The topological polar surface area (TPSA) is 67.9 Å². The van der Waals surface area contributed by atoms with Gasteiger partial charge in [0.05, 0.1) is 0 Å². The third-order valence-electron chi connectivity index (χ3n) is 2.54. The molecule has 2 aromatic heterocycles. The predicted molar refractivity (Wildman–Crippen MR) is 67.8 cm³/mol. The highest BCUT2D eigenvalue weighted by Gasteiger charge is 2.33. The number of rotatable bonds is 3. The van der Waals surface area contributed by atoms with Crippen molar-refractivity contribution in [2.75, 3.05) is 17.7 Å². The van der Waals surface area contributed by atoms with Gasteiger partial charge in [0.25, 0.3) is 0 Å². The first kappa shape index (κ1) is 14.0. The lowest BCUT2D eigenvalue weighted by Gasteiger charge is -2.17. The van der Waals surface area contributed by atoms with E-state index in [0.29, 0.717) is 12.4 Å². The van der Waals surface area contributed by atoms with Crippen LogP contribution in [0.1, 0.15) is 11.3 Å². The number of aromatic nitrogens is 3. The summed E-state index contributed by atoms with van der Waals surface area (Å²) < 4.78 is 37.7. The Labute approximate surface area is 113 Å². The van der Waals surface area contributed by atoms with Crippen molar-refractivity contribution in [3.63, 3.8) is 0 Å². The Morgan fingerprint density at radius 2 is 1.95 bits per heavy atom. The van der Waals surface area contributed by atoms with E-state index in [4.69, 9.17) is 5.73 Å². The maximum Gasteiger partial charge on any atom is 0.433 e. The molecule has 106 valence electrons. The molecule has 0 aliphatic heterocycles. The molecule has 20 heavy (non-hydrogen) atoms. The number of anilines is 2. The van der Waals surface area contributed by atoms with Crippen molar-refractivity contribution in [2.24, 2.45) is 0 Å². The first-order chi connectivity index (χ1) is 9.36. The Hall–Kier alpha value is -2.38. The number of alkyl halides is 3. The van der Waals surface area contributed by atoms with E-state index in [9.17, 15) is 13.2 Å². The van der Waals surface area contributed by atoms with E-state index >= 15 is 0 Å². The maximum atomic E-state index is 12.6. The van der Waals surface area contributed by atoms with Crippen molar-refractivity contribution in [3.05, 3.63) is 41.9 Å². The number of nitrogen functional groups attached to an aromatic ring is 1. The lowest BCUT2D eigenvalue weighted by Crippen LogP contribution is -2.21. The molecule has 0 spiro atoms. The van der Waals surface area contributed by atoms with Gasteiger partial charge in [-0.05, 0) is 17.7 Å². The summed E-state index contributed by atoms with van der Waals surface area (Å²) in [6.45, 7) is 0.328. The molecule has 0 aliphatic carbocycles. The summed E-state index contributed by atoms with van der Waals surface area (Å²) in [6.07, 6.45) is -1.84. The van der Waals surface area contributed by atoms with Gasteiger partial charge in [-0.3, -0.25) is 0 Å². The second kappa shape index (κ2) is 5.32. The van der Waals surface area contributed by atoms with Gasteiger partial charge >= 0.3 is 6.18 Å². The molecular weight excluding hydrogens is 271 g/mol. The Morgan fingerprint density at radius 3 is 2.55 bits per heavy atom. The molecule has 0 fully saturated rings. The van der Waals surface area contributed by atoms with Crippen molar-refractivity contribution in [3.8, 4) is 0 Å². The summed E-state index contributed by atoms with van der Waals surface area (Å²) in [4.78, 5) is 12.8. The molecule has 0 saturated heterocycles. The van der Waals surface area contributed by atoms with E-state index in [0.717, 1.165) is 17.8 Å². The van der Waals surface area contributed by atoms with Crippen molar-refractivity contribution >= 4 is 11.8 Å². The summed E-state index contributed by atoms with van der Waals surface area (Å²) in [6, 6.07) is 4.20. The van der Waals surface area contributed by atoms with Gasteiger partial charge in [0.2, 0.25) is 5.95 Å². The van der Waals surface area contributed by atoms with E-state index in [1.165, 1.54) is 4.90 Å². The lowest BCUT2D eigenvalue weighted by atomic mass is 10.2. The molecule has 8 heteroatoms. The predicted octanol–water partition coefficient (Wildman–Crippen LogP) is 2.11. The molecule has 0 aromatic carbocycles. The number of pyridine rings is 1. The molecule has 2 rings (SSSR count). The van der Waals surface area contributed by atoms with Crippen LogP contribution < -0.4 is 10.6 Å². The monoisotopic (exact) mass is 283 g/mol.